The minimum absolute atomic E-state index is 0.197. The average molecular weight is 279 g/mol. The van der Waals surface area contributed by atoms with Crippen LogP contribution in [0.1, 0.15) is 16.5 Å². The zero-order chi connectivity index (χ0) is 12.8. The van der Waals surface area contributed by atoms with E-state index in [9.17, 15) is 9.90 Å². The molecule has 94 valence electrons. The van der Waals surface area contributed by atoms with Crippen LogP contribution < -0.4 is 5.32 Å². The lowest BCUT2D eigenvalue weighted by atomic mass is 10.3. The molecule has 0 aliphatic rings. The van der Waals surface area contributed by atoms with Crippen molar-refractivity contribution in [3.05, 3.63) is 50.9 Å². The molecule has 0 radical (unpaired) electrons. The van der Waals surface area contributed by atoms with Crippen LogP contribution in [0.4, 0.5) is 0 Å². The van der Waals surface area contributed by atoms with Crippen molar-refractivity contribution >= 4 is 34.7 Å². The highest BCUT2D eigenvalue weighted by atomic mass is 32.1. The van der Waals surface area contributed by atoms with Crippen molar-refractivity contribution in [3.8, 4) is 0 Å². The fraction of sp³-hybridized carbons (Fsp3) is 0.154. The van der Waals surface area contributed by atoms with Crippen LogP contribution in [-0.2, 0) is 4.79 Å². The van der Waals surface area contributed by atoms with Crippen LogP contribution >= 0.6 is 22.7 Å². The number of hydrogen-bond donors (Lipinski definition) is 2. The Morgan fingerprint density at radius 2 is 2.33 bits per heavy atom. The number of carbonyl (C=O) groups is 1. The minimum Gasteiger partial charge on any atom is -0.386 e. The normalized spacial score (nSPS) is 12.7. The van der Waals surface area contributed by atoms with Gasteiger partial charge in [0.2, 0.25) is 5.91 Å². The molecule has 2 aromatic heterocycles. The van der Waals surface area contributed by atoms with E-state index < -0.39 is 6.10 Å². The topological polar surface area (TPSA) is 49.3 Å². The summed E-state index contributed by atoms with van der Waals surface area (Å²) in [5.74, 6) is -0.197. The van der Waals surface area contributed by atoms with Crippen molar-refractivity contribution in [2.24, 2.45) is 0 Å². The Hall–Kier alpha value is -1.43. The molecule has 2 N–H and O–H groups in total. The van der Waals surface area contributed by atoms with E-state index in [-0.39, 0.29) is 12.5 Å². The summed E-state index contributed by atoms with van der Waals surface area (Å²) in [5, 5.41) is 18.3. The molecular formula is C13H13NO2S2. The summed E-state index contributed by atoms with van der Waals surface area (Å²) in [6, 6.07) is 5.67. The second-order valence-corrected chi connectivity index (χ2v) is 5.43. The number of aliphatic hydroxyl groups is 1. The number of amides is 1. The van der Waals surface area contributed by atoms with Gasteiger partial charge in [0.15, 0.2) is 0 Å². The summed E-state index contributed by atoms with van der Waals surface area (Å²) in [7, 11) is 0. The van der Waals surface area contributed by atoms with Gasteiger partial charge >= 0.3 is 0 Å². The number of nitrogens with one attached hydrogen (secondary N) is 1. The van der Waals surface area contributed by atoms with Crippen molar-refractivity contribution in [1.82, 2.24) is 5.32 Å². The van der Waals surface area contributed by atoms with Gasteiger partial charge in [-0.1, -0.05) is 6.07 Å². The van der Waals surface area contributed by atoms with Gasteiger partial charge in [0.25, 0.3) is 0 Å². The van der Waals surface area contributed by atoms with Gasteiger partial charge in [-0.3, -0.25) is 4.79 Å². The maximum atomic E-state index is 11.5. The van der Waals surface area contributed by atoms with E-state index in [1.54, 1.807) is 17.4 Å². The Kier molecular flexibility index (Phi) is 4.69. The van der Waals surface area contributed by atoms with Crippen LogP contribution in [0.2, 0.25) is 0 Å². The lowest BCUT2D eigenvalue weighted by Crippen LogP contribution is -2.26. The van der Waals surface area contributed by atoms with Crippen molar-refractivity contribution in [1.29, 1.82) is 0 Å². The Bertz CT molecular complexity index is 503. The van der Waals surface area contributed by atoms with Gasteiger partial charge in [0.1, 0.15) is 6.10 Å². The molecule has 5 heteroatoms. The number of thiophene rings is 2. The molecule has 18 heavy (non-hydrogen) atoms. The van der Waals surface area contributed by atoms with Crippen molar-refractivity contribution in [3.63, 3.8) is 0 Å². The monoisotopic (exact) mass is 279 g/mol. The summed E-state index contributed by atoms with van der Waals surface area (Å²) in [4.78, 5) is 12.4. The molecular weight excluding hydrogens is 266 g/mol. The third kappa shape index (κ3) is 3.80. The van der Waals surface area contributed by atoms with E-state index in [1.807, 2.05) is 34.3 Å². The highest BCUT2D eigenvalue weighted by molar-refractivity contribution is 7.10. The zero-order valence-corrected chi connectivity index (χ0v) is 11.2. The molecule has 0 aliphatic heterocycles. The van der Waals surface area contributed by atoms with E-state index in [0.717, 1.165) is 10.4 Å². The number of aliphatic hydroxyl groups excluding tert-OH is 1. The van der Waals surface area contributed by atoms with E-state index >= 15 is 0 Å². The lowest BCUT2D eigenvalue weighted by molar-refractivity contribution is -0.116. The number of hydrogen-bond acceptors (Lipinski definition) is 4. The Morgan fingerprint density at radius 3 is 3.00 bits per heavy atom. The fourth-order valence-electron chi connectivity index (χ4n) is 1.38. The third-order valence-corrected chi connectivity index (χ3v) is 3.99. The van der Waals surface area contributed by atoms with Gasteiger partial charge in [-0.05, 0) is 39.9 Å². The van der Waals surface area contributed by atoms with Crippen LogP contribution in [0.5, 0.6) is 0 Å². The molecule has 2 rings (SSSR count). The van der Waals surface area contributed by atoms with E-state index in [0.29, 0.717) is 0 Å². The molecule has 1 atom stereocenters. The maximum absolute atomic E-state index is 11.5. The number of carbonyl (C=O) groups excluding carboxylic acids is 1. The first kappa shape index (κ1) is 13.0. The Labute approximate surface area is 113 Å². The first-order chi connectivity index (χ1) is 8.75. The largest absolute Gasteiger partial charge is 0.386 e. The maximum Gasteiger partial charge on any atom is 0.244 e. The van der Waals surface area contributed by atoms with Crippen LogP contribution in [0.3, 0.4) is 0 Å². The summed E-state index contributed by atoms with van der Waals surface area (Å²) in [5.41, 5.74) is 1.01. The van der Waals surface area contributed by atoms with E-state index in [4.69, 9.17) is 0 Å². The summed E-state index contributed by atoms with van der Waals surface area (Å²) in [6.45, 7) is 0.229. The standard InChI is InChI=1S/C13H13NO2S2/c15-11(12-2-1-6-18-12)8-14-13(16)4-3-10-5-7-17-9-10/h1-7,9,11,15H,8H2,(H,14,16)/b4-3+/t11-/m0/s1. The molecule has 0 aromatic carbocycles. The van der Waals surface area contributed by atoms with Crippen molar-refractivity contribution in [2.75, 3.05) is 6.54 Å². The first-order valence-corrected chi connectivity index (χ1v) is 7.27. The van der Waals surface area contributed by atoms with Gasteiger partial charge in [0.05, 0.1) is 0 Å². The predicted molar refractivity (Wildman–Crippen MR) is 75.6 cm³/mol. The zero-order valence-electron chi connectivity index (χ0n) is 9.58. The van der Waals surface area contributed by atoms with Crippen LogP contribution in [0, 0.1) is 0 Å². The molecule has 0 unspecified atom stereocenters. The molecule has 0 aliphatic carbocycles. The van der Waals surface area contributed by atoms with Gasteiger partial charge in [-0.2, -0.15) is 11.3 Å². The molecule has 1 amide bonds. The van der Waals surface area contributed by atoms with Gasteiger partial charge in [-0.25, -0.2) is 0 Å². The first-order valence-electron chi connectivity index (χ1n) is 5.45. The average Bonchev–Trinajstić information content (AvgIpc) is 3.05. The molecule has 0 saturated heterocycles. The summed E-state index contributed by atoms with van der Waals surface area (Å²) >= 11 is 3.06. The Morgan fingerprint density at radius 1 is 1.44 bits per heavy atom. The molecule has 0 saturated carbocycles. The molecule has 2 aromatic rings. The van der Waals surface area contributed by atoms with Crippen LogP contribution in [-0.4, -0.2) is 17.6 Å². The Balaban J connectivity index is 1.78. The van der Waals surface area contributed by atoms with E-state index in [2.05, 4.69) is 5.32 Å². The smallest absolute Gasteiger partial charge is 0.244 e. The number of rotatable bonds is 5. The molecule has 2 heterocycles. The van der Waals surface area contributed by atoms with Crippen LogP contribution in [0.15, 0.2) is 40.4 Å². The SMILES string of the molecule is O=C(/C=C/c1ccsc1)NC[C@H](O)c1cccs1. The molecule has 0 fully saturated rings. The fourth-order valence-corrected chi connectivity index (χ4v) is 2.72. The predicted octanol–water partition coefficient (Wildman–Crippen LogP) is 2.67. The summed E-state index contributed by atoms with van der Waals surface area (Å²) in [6.07, 6.45) is 2.59. The second-order valence-electron chi connectivity index (χ2n) is 3.67. The van der Waals surface area contributed by atoms with E-state index in [1.165, 1.54) is 17.4 Å². The van der Waals surface area contributed by atoms with Crippen LogP contribution in [0.25, 0.3) is 6.08 Å². The molecule has 0 bridgehead atoms. The third-order valence-electron chi connectivity index (χ3n) is 2.31. The lowest BCUT2D eigenvalue weighted by Gasteiger charge is -2.08. The minimum atomic E-state index is -0.636. The van der Waals surface area contributed by atoms with Crippen molar-refractivity contribution in [2.45, 2.75) is 6.10 Å². The van der Waals surface area contributed by atoms with Crippen molar-refractivity contribution < 1.29 is 9.90 Å². The second kappa shape index (κ2) is 6.49. The van der Waals surface area contributed by atoms with Gasteiger partial charge in [0, 0.05) is 17.5 Å². The highest BCUT2D eigenvalue weighted by Crippen LogP contribution is 2.17. The van der Waals surface area contributed by atoms with Gasteiger partial charge < -0.3 is 10.4 Å². The quantitative estimate of drug-likeness (QED) is 0.827. The molecule has 0 spiro atoms. The molecule has 3 nitrogen and oxygen atoms in total. The summed E-state index contributed by atoms with van der Waals surface area (Å²) < 4.78 is 0. The highest BCUT2D eigenvalue weighted by Gasteiger charge is 2.08. The van der Waals surface area contributed by atoms with Gasteiger partial charge in [-0.15, -0.1) is 11.3 Å².